The van der Waals surface area contributed by atoms with Gasteiger partial charge in [-0.05, 0) is 54.4 Å². The van der Waals surface area contributed by atoms with Gasteiger partial charge in [-0.3, -0.25) is 4.79 Å². The van der Waals surface area contributed by atoms with E-state index >= 15 is 0 Å². The number of benzene rings is 1. The Kier molecular flexibility index (Phi) is 6.15. The van der Waals surface area contributed by atoms with Crippen molar-refractivity contribution in [1.29, 1.82) is 0 Å². The SMILES string of the molecule is Cc1ccc(C(C)C)c(OCC(=O)NC2(C(=O)O)CCSCC2)c1. The second-order valence-electron chi connectivity index (χ2n) is 6.53. The standard InChI is InChI=1S/C18H25NO4S/c1-12(2)14-5-4-13(3)10-15(14)23-11-16(20)19-18(17(21)22)6-8-24-9-7-18/h4-5,10,12H,6-9,11H2,1-3H3,(H,19,20)(H,21,22). The number of ether oxygens (including phenoxy) is 1. The van der Waals surface area contributed by atoms with Crippen LogP contribution in [-0.2, 0) is 9.59 Å². The van der Waals surface area contributed by atoms with Crippen LogP contribution < -0.4 is 10.1 Å². The molecule has 1 aliphatic rings. The number of carboxylic acids is 1. The van der Waals surface area contributed by atoms with E-state index in [1.807, 2.05) is 25.1 Å². The molecule has 2 rings (SSSR count). The third-order valence-corrected chi connectivity index (χ3v) is 5.27. The lowest BCUT2D eigenvalue weighted by atomic mass is 9.92. The van der Waals surface area contributed by atoms with Crippen molar-refractivity contribution in [3.8, 4) is 5.75 Å². The van der Waals surface area contributed by atoms with E-state index in [0.717, 1.165) is 22.6 Å². The fourth-order valence-corrected chi connectivity index (χ4v) is 3.99. The summed E-state index contributed by atoms with van der Waals surface area (Å²) in [6.07, 6.45) is 0.890. The first-order valence-corrected chi connectivity index (χ1v) is 9.35. The summed E-state index contributed by atoms with van der Waals surface area (Å²) in [5.41, 5.74) is 0.940. The zero-order valence-electron chi connectivity index (χ0n) is 14.4. The quantitative estimate of drug-likeness (QED) is 0.824. The van der Waals surface area contributed by atoms with Gasteiger partial charge in [0.15, 0.2) is 6.61 Å². The van der Waals surface area contributed by atoms with Crippen LogP contribution in [0.2, 0.25) is 0 Å². The summed E-state index contributed by atoms with van der Waals surface area (Å²) < 4.78 is 5.70. The van der Waals surface area contributed by atoms with E-state index in [-0.39, 0.29) is 18.4 Å². The van der Waals surface area contributed by atoms with E-state index in [9.17, 15) is 14.7 Å². The fourth-order valence-electron chi connectivity index (χ4n) is 2.80. The van der Waals surface area contributed by atoms with Crippen LogP contribution in [0.3, 0.4) is 0 Å². The molecule has 0 aliphatic carbocycles. The number of hydrogen-bond donors (Lipinski definition) is 2. The van der Waals surface area contributed by atoms with Gasteiger partial charge in [-0.15, -0.1) is 0 Å². The van der Waals surface area contributed by atoms with Gasteiger partial charge < -0.3 is 15.2 Å². The van der Waals surface area contributed by atoms with Gasteiger partial charge >= 0.3 is 5.97 Å². The second kappa shape index (κ2) is 7.92. The number of carboxylic acid groups (broad SMARTS) is 1. The van der Waals surface area contributed by atoms with Crippen LogP contribution in [0.25, 0.3) is 0 Å². The Hall–Kier alpha value is -1.69. The van der Waals surface area contributed by atoms with E-state index < -0.39 is 11.5 Å². The fraction of sp³-hybridized carbons (Fsp3) is 0.556. The average Bonchev–Trinajstić information content (AvgIpc) is 2.53. The van der Waals surface area contributed by atoms with Crippen molar-refractivity contribution in [2.24, 2.45) is 0 Å². The molecule has 6 heteroatoms. The highest BCUT2D eigenvalue weighted by molar-refractivity contribution is 7.99. The molecule has 0 saturated carbocycles. The van der Waals surface area contributed by atoms with Crippen molar-refractivity contribution in [2.45, 2.75) is 45.1 Å². The maximum Gasteiger partial charge on any atom is 0.329 e. The van der Waals surface area contributed by atoms with Gasteiger partial charge in [-0.1, -0.05) is 26.0 Å². The molecule has 1 fully saturated rings. The van der Waals surface area contributed by atoms with Crippen molar-refractivity contribution < 1.29 is 19.4 Å². The summed E-state index contributed by atoms with van der Waals surface area (Å²) in [5, 5.41) is 12.2. The maximum absolute atomic E-state index is 12.3. The van der Waals surface area contributed by atoms with Crippen LogP contribution in [0.5, 0.6) is 5.75 Å². The van der Waals surface area contributed by atoms with Gasteiger partial charge in [0.05, 0.1) is 0 Å². The van der Waals surface area contributed by atoms with Crippen molar-refractivity contribution in [3.05, 3.63) is 29.3 Å². The van der Waals surface area contributed by atoms with Crippen LogP contribution in [0.15, 0.2) is 18.2 Å². The van der Waals surface area contributed by atoms with Crippen molar-refractivity contribution in [1.82, 2.24) is 5.32 Å². The number of amides is 1. The lowest BCUT2D eigenvalue weighted by Gasteiger charge is -2.33. The maximum atomic E-state index is 12.3. The van der Waals surface area contributed by atoms with Crippen LogP contribution in [0.4, 0.5) is 0 Å². The van der Waals surface area contributed by atoms with Gasteiger partial charge in [0.25, 0.3) is 5.91 Å². The molecule has 1 saturated heterocycles. The lowest BCUT2D eigenvalue weighted by Crippen LogP contribution is -2.57. The summed E-state index contributed by atoms with van der Waals surface area (Å²) in [4.78, 5) is 23.9. The van der Waals surface area contributed by atoms with Gasteiger partial charge in [0.2, 0.25) is 0 Å². The Morgan fingerprint density at radius 2 is 2.00 bits per heavy atom. The number of aliphatic carboxylic acids is 1. The molecule has 1 aliphatic heterocycles. The Morgan fingerprint density at radius 1 is 1.33 bits per heavy atom. The summed E-state index contributed by atoms with van der Waals surface area (Å²) in [7, 11) is 0. The van der Waals surface area contributed by atoms with Gasteiger partial charge in [-0.25, -0.2) is 4.79 Å². The van der Waals surface area contributed by atoms with Crippen molar-refractivity contribution in [2.75, 3.05) is 18.1 Å². The largest absolute Gasteiger partial charge is 0.483 e. The van der Waals surface area contributed by atoms with E-state index in [1.54, 1.807) is 11.8 Å². The molecular weight excluding hydrogens is 326 g/mol. The summed E-state index contributed by atoms with van der Waals surface area (Å²) in [5.74, 6) is 1.09. The Bertz CT molecular complexity index is 609. The molecular formula is C18H25NO4S. The third-order valence-electron chi connectivity index (χ3n) is 4.28. The Morgan fingerprint density at radius 3 is 2.58 bits per heavy atom. The number of rotatable bonds is 6. The molecule has 132 valence electrons. The van der Waals surface area contributed by atoms with E-state index in [0.29, 0.717) is 18.6 Å². The van der Waals surface area contributed by atoms with Crippen LogP contribution in [-0.4, -0.2) is 40.6 Å². The number of thioether (sulfide) groups is 1. The molecule has 0 aromatic heterocycles. The highest BCUT2D eigenvalue weighted by Gasteiger charge is 2.41. The predicted octanol–water partition coefficient (Wildman–Crippen LogP) is 2.96. The molecule has 1 aromatic rings. The first-order chi connectivity index (χ1) is 11.3. The highest BCUT2D eigenvalue weighted by atomic mass is 32.2. The number of carbonyl (C=O) groups excluding carboxylic acids is 1. The molecule has 0 bridgehead atoms. The predicted molar refractivity (Wildman–Crippen MR) is 95.8 cm³/mol. The normalized spacial score (nSPS) is 16.7. The van der Waals surface area contributed by atoms with Crippen LogP contribution >= 0.6 is 11.8 Å². The number of nitrogens with one attached hydrogen (secondary N) is 1. The smallest absolute Gasteiger partial charge is 0.329 e. The molecule has 0 atom stereocenters. The molecule has 1 heterocycles. The third kappa shape index (κ3) is 4.44. The van der Waals surface area contributed by atoms with E-state index in [4.69, 9.17) is 4.74 Å². The van der Waals surface area contributed by atoms with Crippen molar-refractivity contribution >= 4 is 23.6 Å². The minimum Gasteiger partial charge on any atom is -0.483 e. The van der Waals surface area contributed by atoms with Gasteiger partial charge in [-0.2, -0.15) is 11.8 Å². The average molecular weight is 351 g/mol. The molecule has 0 unspecified atom stereocenters. The topological polar surface area (TPSA) is 75.6 Å². The molecule has 5 nitrogen and oxygen atoms in total. The van der Waals surface area contributed by atoms with Crippen LogP contribution in [0.1, 0.15) is 43.7 Å². The number of carbonyl (C=O) groups is 2. The Labute approximate surface area is 147 Å². The molecule has 0 radical (unpaired) electrons. The van der Waals surface area contributed by atoms with E-state index in [1.165, 1.54) is 0 Å². The molecule has 1 aromatic carbocycles. The highest BCUT2D eigenvalue weighted by Crippen LogP contribution is 2.29. The lowest BCUT2D eigenvalue weighted by molar-refractivity contribution is -0.148. The zero-order valence-corrected chi connectivity index (χ0v) is 15.2. The number of aryl methyl sites for hydroxylation is 1. The first-order valence-electron chi connectivity index (χ1n) is 8.19. The number of hydrogen-bond acceptors (Lipinski definition) is 4. The summed E-state index contributed by atoms with van der Waals surface area (Å²) in [6, 6.07) is 5.93. The summed E-state index contributed by atoms with van der Waals surface area (Å²) in [6.45, 7) is 5.93. The Balaban J connectivity index is 2.03. The minimum atomic E-state index is -1.15. The van der Waals surface area contributed by atoms with Crippen molar-refractivity contribution in [3.63, 3.8) is 0 Å². The zero-order chi connectivity index (χ0) is 17.7. The summed E-state index contributed by atoms with van der Waals surface area (Å²) >= 11 is 1.71. The van der Waals surface area contributed by atoms with E-state index in [2.05, 4.69) is 19.2 Å². The van der Waals surface area contributed by atoms with Crippen LogP contribution in [0, 0.1) is 6.92 Å². The van der Waals surface area contributed by atoms with Gasteiger partial charge in [0.1, 0.15) is 11.3 Å². The molecule has 24 heavy (non-hydrogen) atoms. The molecule has 1 amide bonds. The first kappa shape index (κ1) is 18.6. The second-order valence-corrected chi connectivity index (χ2v) is 7.76. The minimum absolute atomic E-state index is 0.175. The molecule has 2 N–H and O–H groups in total. The monoisotopic (exact) mass is 351 g/mol. The molecule has 0 spiro atoms. The van der Waals surface area contributed by atoms with Gasteiger partial charge in [0, 0.05) is 0 Å².